The van der Waals surface area contributed by atoms with Gasteiger partial charge in [0.15, 0.2) is 21.4 Å². The molecule has 0 saturated carbocycles. The van der Waals surface area contributed by atoms with Gasteiger partial charge in [-0.25, -0.2) is 12.8 Å². The third kappa shape index (κ3) is 4.79. The number of halogens is 1. The molecule has 0 bridgehead atoms. The minimum absolute atomic E-state index is 0.119. The minimum Gasteiger partial charge on any atom is -0.489 e. The molecule has 0 saturated heterocycles. The van der Waals surface area contributed by atoms with Crippen molar-refractivity contribution in [2.24, 2.45) is 0 Å². The predicted molar refractivity (Wildman–Crippen MR) is 83.8 cm³/mol. The van der Waals surface area contributed by atoms with Crippen molar-refractivity contribution in [2.75, 3.05) is 19.4 Å². The number of sulfone groups is 1. The number of nitrogens with one attached hydrogen (secondary N) is 1. The lowest BCUT2D eigenvalue weighted by Crippen LogP contribution is -2.28. The molecule has 0 fully saturated rings. The molecule has 1 N–H and O–H groups in total. The van der Waals surface area contributed by atoms with Crippen LogP contribution in [0.15, 0.2) is 53.4 Å². The van der Waals surface area contributed by atoms with Crippen molar-refractivity contribution in [3.63, 3.8) is 0 Å². The first-order valence-electron chi connectivity index (χ1n) is 6.83. The van der Waals surface area contributed by atoms with E-state index >= 15 is 0 Å². The monoisotopic (exact) mass is 337 g/mol. The summed E-state index contributed by atoms with van der Waals surface area (Å²) in [7, 11) is -3.29. The fraction of sp³-hybridized carbons (Fsp3) is 0.188. The summed E-state index contributed by atoms with van der Waals surface area (Å²) in [5, 5.41) is 2.61. The average Bonchev–Trinajstić information content (AvgIpc) is 2.52. The number of amides is 1. The molecular formula is C16H16FNO4S. The van der Waals surface area contributed by atoms with Crippen LogP contribution < -0.4 is 10.1 Å². The van der Waals surface area contributed by atoms with Crippen LogP contribution in [0.1, 0.15) is 10.4 Å². The summed E-state index contributed by atoms with van der Waals surface area (Å²) in [6.45, 7) is 0.315. The van der Waals surface area contributed by atoms with Gasteiger partial charge in [-0.15, -0.1) is 0 Å². The van der Waals surface area contributed by atoms with Crippen molar-refractivity contribution in [3.8, 4) is 5.75 Å². The number of hydrogen-bond acceptors (Lipinski definition) is 4. The second kappa shape index (κ2) is 7.23. The zero-order chi connectivity index (χ0) is 16.9. The van der Waals surface area contributed by atoms with E-state index in [0.29, 0.717) is 5.56 Å². The van der Waals surface area contributed by atoms with Gasteiger partial charge in [0, 0.05) is 11.8 Å². The molecule has 0 unspecified atom stereocenters. The van der Waals surface area contributed by atoms with Crippen LogP contribution in [-0.4, -0.2) is 33.7 Å². The molecule has 0 heterocycles. The van der Waals surface area contributed by atoms with E-state index in [1.54, 1.807) is 12.1 Å². The Hall–Kier alpha value is -2.41. The van der Waals surface area contributed by atoms with Crippen LogP contribution in [0.3, 0.4) is 0 Å². The Kier molecular flexibility index (Phi) is 5.33. The van der Waals surface area contributed by atoms with E-state index in [4.69, 9.17) is 4.74 Å². The van der Waals surface area contributed by atoms with E-state index in [2.05, 4.69) is 5.32 Å². The summed E-state index contributed by atoms with van der Waals surface area (Å²) in [5.74, 6) is -0.698. The molecule has 1 amide bonds. The lowest BCUT2D eigenvalue weighted by atomic mass is 10.2. The first kappa shape index (κ1) is 17.0. The number of hydrogen-bond donors (Lipinski definition) is 1. The SMILES string of the molecule is CS(=O)(=O)c1ccc(C(=O)NCCOc2ccccc2F)cc1. The standard InChI is InChI=1S/C16H16FNO4S/c1-23(20,21)13-8-6-12(7-9-13)16(19)18-10-11-22-15-5-3-2-4-14(15)17/h2-9H,10-11H2,1H3,(H,18,19). The Labute approximate surface area is 134 Å². The predicted octanol–water partition coefficient (Wildman–Crippen LogP) is 2.04. The number of ether oxygens (including phenoxy) is 1. The normalized spacial score (nSPS) is 11.0. The number of carbonyl (C=O) groups is 1. The molecule has 2 aromatic rings. The first-order chi connectivity index (χ1) is 10.9. The lowest BCUT2D eigenvalue weighted by Gasteiger charge is -2.08. The second-order valence-electron chi connectivity index (χ2n) is 4.83. The van der Waals surface area contributed by atoms with Gasteiger partial charge in [-0.3, -0.25) is 4.79 Å². The molecule has 0 radical (unpaired) electrons. The summed E-state index contributed by atoms with van der Waals surface area (Å²) < 4.78 is 41.2. The molecule has 0 aliphatic heterocycles. The maximum absolute atomic E-state index is 13.3. The summed E-state index contributed by atoms with van der Waals surface area (Å²) in [5.41, 5.74) is 0.336. The van der Waals surface area contributed by atoms with Gasteiger partial charge in [-0.1, -0.05) is 12.1 Å². The van der Waals surface area contributed by atoms with Crippen molar-refractivity contribution in [1.29, 1.82) is 0 Å². The van der Waals surface area contributed by atoms with Crippen LogP contribution >= 0.6 is 0 Å². The van der Waals surface area contributed by atoms with Crippen molar-refractivity contribution in [1.82, 2.24) is 5.32 Å². The number of rotatable bonds is 6. The van der Waals surface area contributed by atoms with Gasteiger partial charge < -0.3 is 10.1 Å². The molecule has 2 aromatic carbocycles. The highest BCUT2D eigenvalue weighted by molar-refractivity contribution is 7.90. The van der Waals surface area contributed by atoms with Gasteiger partial charge in [0.05, 0.1) is 11.4 Å². The van der Waals surface area contributed by atoms with Crippen LogP contribution in [0, 0.1) is 5.82 Å². The highest BCUT2D eigenvalue weighted by Crippen LogP contribution is 2.14. The number of para-hydroxylation sites is 1. The molecule has 7 heteroatoms. The molecule has 0 spiro atoms. The summed E-state index contributed by atoms with van der Waals surface area (Å²) in [4.78, 5) is 12.0. The Morgan fingerprint density at radius 3 is 2.39 bits per heavy atom. The summed E-state index contributed by atoms with van der Waals surface area (Å²) >= 11 is 0. The van der Waals surface area contributed by atoms with E-state index < -0.39 is 15.7 Å². The number of carbonyl (C=O) groups excluding carboxylic acids is 1. The van der Waals surface area contributed by atoms with Gasteiger partial charge in [-0.2, -0.15) is 0 Å². The third-order valence-electron chi connectivity index (χ3n) is 3.03. The van der Waals surface area contributed by atoms with Crippen molar-refractivity contribution in [2.45, 2.75) is 4.90 Å². The Morgan fingerprint density at radius 2 is 1.78 bits per heavy atom. The molecule has 23 heavy (non-hydrogen) atoms. The number of benzene rings is 2. The van der Waals surface area contributed by atoms with E-state index in [-0.39, 0.29) is 29.7 Å². The van der Waals surface area contributed by atoms with Gasteiger partial charge in [0.2, 0.25) is 0 Å². The summed E-state index contributed by atoms with van der Waals surface area (Å²) in [6, 6.07) is 11.6. The zero-order valence-electron chi connectivity index (χ0n) is 12.5. The van der Waals surface area contributed by atoms with Crippen molar-refractivity contribution >= 4 is 15.7 Å². The Morgan fingerprint density at radius 1 is 1.13 bits per heavy atom. The Bertz CT molecular complexity index is 788. The third-order valence-corrected chi connectivity index (χ3v) is 4.15. The van der Waals surface area contributed by atoms with Gasteiger partial charge in [0.25, 0.3) is 5.91 Å². The van der Waals surface area contributed by atoms with Crippen LogP contribution in [0.25, 0.3) is 0 Å². The van der Waals surface area contributed by atoms with Gasteiger partial charge in [-0.05, 0) is 36.4 Å². The van der Waals surface area contributed by atoms with E-state index in [0.717, 1.165) is 6.26 Å². The largest absolute Gasteiger partial charge is 0.489 e. The maximum Gasteiger partial charge on any atom is 0.251 e. The molecule has 122 valence electrons. The van der Waals surface area contributed by atoms with E-state index in [9.17, 15) is 17.6 Å². The molecule has 5 nitrogen and oxygen atoms in total. The first-order valence-corrected chi connectivity index (χ1v) is 8.73. The summed E-state index contributed by atoms with van der Waals surface area (Å²) in [6.07, 6.45) is 1.10. The highest BCUT2D eigenvalue weighted by atomic mass is 32.2. The molecule has 0 atom stereocenters. The van der Waals surface area contributed by atoms with Crippen LogP contribution in [0.2, 0.25) is 0 Å². The quantitative estimate of drug-likeness (QED) is 0.819. The minimum atomic E-state index is -3.29. The second-order valence-corrected chi connectivity index (χ2v) is 6.85. The van der Waals surface area contributed by atoms with E-state index in [1.807, 2.05) is 0 Å². The topological polar surface area (TPSA) is 72.5 Å². The molecule has 0 aromatic heterocycles. The zero-order valence-corrected chi connectivity index (χ0v) is 13.3. The van der Waals surface area contributed by atoms with Crippen molar-refractivity contribution in [3.05, 3.63) is 59.9 Å². The van der Waals surface area contributed by atoms with Crippen LogP contribution in [0.4, 0.5) is 4.39 Å². The molecule has 0 aliphatic rings. The molecule has 0 aliphatic carbocycles. The maximum atomic E-state index is 13.3. The van der Waals surface area contributed by atoms with Gasteiger partial charge >= 0.3 is 0 Å². The molecular weight excluding hydrogens is 321 g/mol. The fourth-order valence-electron chi connectivity index (χ4n) is 1.84. The van der Waals surface area contributed by atoms with Gasteiger partial charge in [0.1, 0.15) is 6.61 Å². The highest BCUT2D eigenvalue weighted by Gasteiger charge is 2.09. The fourth-order valence-corrected chi connectivity index (χ4v) is 2.47. The van der Waals surface area contributed by atoms with Crippen LogP contribution in [-0.2, 0) is 9.84 Å². The lowest BCUT2D eigenvalue weighted by molar-refractivity contribution is 0.0946. The van der Waals surface area contributed by atoms with E-state index in [1.165, 1.54) is 36.4 Å². The molecule has 2 rings (SSSR count). The average molecular weight is 337 g/mol. The van der Waals surface area contributed by atoms with Crippen molar-refractivity contribution < 1.29 is 22.3 Å². The Balaban J connectivity index is 1.84. The van der Waals surface area contributed by atoms with Crippen LogP contribution in [0.5, 0.6) is 5.75 Å². The smallest absolute Gasteiger partial charge is 0.251 e.